The number of alkyl halides is 1. The van der Waals surface area contributed by atoms with Crippen LogP contribution in [0.3, 0.4) is 0 Å². The summed E-state index contributed by atoms with van der Waals surface area (Å²) in [5.41, 5.74) is 6.92. The Bertz CT molecular complexity index is 727. The van der Waals surface area contributed by atoms with Crippen LogP contribution in [-0.4, -0.2) is 55.1 Å². The molecule has 0 spiro atoms. The molecule has 2 aromatic heterocycles. The Kier molecular flexibility index (Phi) is 4.60. The molecule has 4 atom stereocenters. The molecule has 8 nitrogen and oxygen atoms in total. The van der Waals surface area contributed by atoms with Crippen LogP contribution in [0, 0.1) is 0 Å². The van der Waals surface area contributed by atoms with Crippen LogP contribution in [0.25, 0.3) is 11.2 Å². The summed E-state index contributed by atoms with van der Waals surface area (Å²) in [7, 11) is 0. The summed E-state index contributed by atoms with van der Waals surface area (Å²) in [5.74, 6) is -0.0541. The average Bonchev–Trinajstić information content (AvgIpc) is 3.07. The van der Waals surface area contributed by atoms with Gasteiger partial charge in [0, 0.05) is 6.92 Å². The van der Waals surface area contributed by atoms with Gasteiger partial charge >= 0.3 is 5.97 Å². The lowest BCUT2D eigenvalue weighted by molar-refractivity contribution is -0.145. The van der Waals surface area contributed by atoms with Gasteiger partial charge in [0.1, 0.15) is 24.6 Å². The van der Waals surface area contributed by atoms with Crippen molar-refractivity contribution in [3.05, 3.63) is 12.7 Å². The van der Waals surface area contributed by atoms with E-state index in [4.69, 9.17) is 26.8 Å². The molecule has 0 aliphatic carbocycles. The summed E-state index contributed by atoms with van der Waals surface area (Å²) in [6, 6.07) is 0. The number of hydrogen-bond acceptors (Lipinski definition) is 8. The Morgan fingerprint density at radius 3 is 3.00 bits per heavy atom. The molecule has 0 bridgehead atoms. The van der Waals surface area contributed by atoms with Gasteiger partial charge in [-0.25, -0.2) is 15.0 Å². The largest absolute Gasteiger partial charge is 0.463 e. The predicted octanol–water partition coefficient (Wildman–Crippen LogP) is 1.21. The smallest absolute Gasteiger partial charge is 0.302 e. The summed E-state index contributed by atoms with van der Waals surface area (Å²) in [4.78, 5) is 23.4. The molecule has 0 unspecified atom stereocenters. The lowest BCUT2D eigenvalue weighted by atomic mass is 10.2. The number of carbonyl (C=O) groups is 1. The number of esters is 1. The van der Waals surface area contributed by atoms with Gasteiger partial charge in [0.15, 0.2) is 17.7 Å². The van der Waals surface area contributed by atoms with E-state index in [1.165, 1.54) is 13.3 Å². The highest BCUT2D eigenvalue weighted by Crippen LogP contribution is 2.40. The number of aromatic nitrogens is 4. The Hall–Kier alpha value is -1.58. The van der Waals surface area contributed by atoms with Crippen molar-refractivity contribution in [1.82, 2.24) is 19.5 Å². The number of rotatable bonds is 4. The molecule has 2 N–H and O–H groups in total. The van der Waals surface area contributed by atoms with Crippen molar-refractivity contribution < 1.29 is 14.3 Å². The molecule has 23 heavy (non-hydrogen) atoms. The van der Waals surface area contributed by atoms with Crippen molar-refractivity contribution in [3.63, 3.8) is 0 Å². The summed E-state index contributed by atoms with van der Waals surface area (Å²) in [5, 5.41) is -0.364. The molecule has 1 aliphatic heterocycles. The highest BCUT2D eigenvalue weighted by atomic mass is 35.5. The summed E-state index contributed by atoms with van der Waals surface area (Å²) < 4.78 is 12.8. The molecular formula is C13H16ClN5O3S. The maximum absolute atomic E-state index is 11.0. The first-order valence-electron chi connectivity index (χ1n) is 6.91. The maximum Gasteiger partial charge on any atom is 0.302 e. The van der Waals surface area contributed by atoms with Crippen molar-refractivity contribution in [2.45, 2.75) is 29.9 Å². The molecule has 0 aromatic carbocycles. The normalized spacial score (nSPS) is 27.4. The number of fused-ring (bicyclic) bond motifs is 1. The minimum atomic E-state index is -0.403. The first kappa shape index (κ1) is 16.3. The molecule has 1 aliphatic rings. The summed E-state index contributed by atoms with van der Waals surface area (Å²) in [6.07, 6.45) is 4.16. The highest BCUT2D eigenvalue weighted by Gasteiger charge is 2.45. The van der Waals surface area contributed by atoms with Crippen molar-refractivity contribution in [1.29, 1.82) is 0 Å². The molecule has 3 heterocycles. The molecule has 0 radical (unpaired) electrons. The number of halogens is 1. The van der Waals surface area contributed by atoms with Crippen LogP contribution in [0.5, 0.6) is 0 Å². The zero-order chi connectivity index (χ0) is 16.6. The number of nitrogens with two attached hydrogens (primary N) is 1. The first-order valence-corrected chi connectivity index (χ1v) is 8.64. The van der Waals surface area contributed by atoms with E-state index in [1.54, 1.807) is 22.7 Å². The lowest BCUT2D eigenvalue weighted by Crippen LogP contribution is -2.28. The highest BCUT2D eigenvalue weighted by molar-refractivity contribution is 7.99. The second-order valence-corrected chi connectivity index (χ2v) is 6.62. The molecule has 1 saturated heterocycles. The monoisotopic (exact) mass is 357 g/mol. The van der Waals surface area contributed by atoms with Crippen LogP contribution < -0.4 is 5.73 Å². The molecule has 3 rings (SSSR count). The van der Waals surface area contributed by atoms with E-state index in [0.29, 0.717) is 17.0 Å². The van der Waals surface area contributed by atoms with Gasteiger partial charge in [-0.05, 0) is 6.26 Å². The van der Waals surface area contributed by atoms with E-state index in [-0.39, 0.29) is 29.4 Å². The molecule has 1 fully saturated rings. The third-order valence-corrected chi connectivity index (χ3v) is 5.42. The van der Waals surface area contributed by atoms with Crippen molar-refractivity contribution in [2.24, 2.45) is 0 Å². The Balaban J connectivity index is 1.91. The van der Waals surface area contributed by atoms with E-state index in [9.17, 15) is 4.79 Å². The van der Waals surface area contributed by atoms with Crippen molar-refractivity contribution >= 4 is 46.3 Å². The van der Waals surface area contributed by atoms with Gasteiger partial charge in [-0.1, -0.05) is 0 Å². The Morgan fingerprint density at radius 2 is 2.30 bits per heavy atom. The SMILES string of the molecule is CS[C@H]1[C@H](Cl)[C@@H](COC(C)=O)O[C@H]1n1cnc2c(N)ncnc21. The standard InChI is InChI=1S/C13H16ClN5O3S/c1-6(20)21-3-7-8(14)10(23-2)13(22-7)19-5-18-9-11(15)16-4-17-12(9)19/h4-5,7-8,10,13H,3H2,1-2H3,(H2,15,16,17)/t7-,8-,10+,13-/m1/s1. The average molecular weight is 358 g/mol. The number of carbonyl (C=O) groups excluding carboxylic acids is 1. The second-order valence-electron chi connectivity index (χ2n) is 5.10. The van der Waals surface area contributed by atoms with Crippen LogP contribution in [0.2, 0.25) is 0 Å². The fourth-order valence-corrected chi connectivity index (χ4v) is 3.99. The molecule has 2 aromatic rings. The van der Waals surface area contributed by atoms with Crippen molar-refractivity contribution in [3.8, 4) is 0 Å². The number of nitrogens with zero attached hydrogens (tertiary/aromatic N) is 4. The quantitative estimate of drug-likeness (QED) is 0.643. The van der Waals surface area contributed by atoms with Gasteiger partial charge in [-0.2, -0.15) is 11.8 Å². The first-order chi connectivity index (χ1) is 11.0. The van der Waals surface area contributed by atoms with Gasteiger partial charge in [-0.15, -0.1) is 11.6 Å². The van der Waals surface area contributed by atoms with Gasteiger partial charge in [0.2, 0.25) is 0 Å². The van der Waals surface area contributed by atoms with Crippen LogP contribution in [0.1, 0.15) is 13.2 Å². The fourth-order valence-electron chi connectivity index (χ4n) is 2.56. The van der Waals surface area contributed by atoms with Gasteiger partial charge in [0.25, 0.3) is 0 Å². The molecular weight excluding hydrogens is 342 g/mol. The van der Waals surface area contributed by atoms with Crippen molar-refractivity contribution in [2.75, 3.05) is 18.6 Å². The van der Waals surface area contributed by atoms with Gasteiger partial charge < -0.3 is 15.2 Å². The van der Waals surface area contributed by atoms with E-state index in [0.717, 1.165) is 0 Å². The van der Waals surface area contributed by atoms with Crippen LogP contribution in [-0.2, 0) is 14.3 Å². The topological polar surface area (TPSA) is 105 Å². The van der Waals surface area contributed by atoms with Gasteiger partial charge in [-0.3, -0.25) is 9.36 Å². The number of hydrogen-bond donors (Lipinski definition) is 1. The van der Waals surface area contributed by atoms with Crippen LogP contribution in [0.4, 0.5) is 5.82 Å². The Morgan fingerprint density at radius 1 is 1.52 bits per heavy atom. The zero-order valence-corrected chi connectivity index (χ0v) is 14.1. The molecule has 0 amide bonds. The van der Waals surface area contributed by atoms with E-state index < -0.39 is 6.10 Å². The van der Waals surface area contributed by atoms with Crippen LogP contribution >= 0.6 is 23.4 Å². The van der Waals surface area contributed by atoms with E-state index >= 15 is 0 Å². The number of nitrogen functional groups attached to an aromatic ring is 1. The molecule has 10 heteroatoms. The molecule has 0 saturated carbocycles. The van der Waals surface area contributed by atoms with Gasteiger partial charge in [0.05, 0.1) is 17.0 Å². The van der Waals surface area contributed by atoms with Crippen LogP contribution in [0.15, 0.2) is 12.7 Å². The number of imidazole rings is 1. The predicted molar refractivity (Wildman–Crippen MR) is 87.2 cm³/mol. The third-order valence-electron chi connectivity index (χ3n) is 3.65. The summed E-state index contributed by atoms with van der Waals surface area (Å²) >= 11 is 8.07. The zero-order valence-electron chi connectivity index (χ0n) is 12.5. The number of anilines is 1. The van der Waals surface area contributed by atoms with E-state index in [1.807, 2.05) is 6.26 Å². The second kappa shape index (κ2) is 6.50. The third kappa shape index (κ3) is 2.96. The number of thioether (sulfide) groups is 1. The fraction of sp³-hybridized carbons (Fsp3) is 0.538. The minimum Gasteiger partial charge on any atom is -0.463 e. The maximum atomic E-state index is 11.0. The minimum absolute atomic E-state index is 0.0502. The summed E-state index contributed by atoms with van der Waals surface area (Å²) in [6.45, 7) is 1.46. The number of ether oxygens (including phenoxy) is 2. The lowest BCUT2D eigenvalue weighted by Gasteiger charge is -2.19. The van der Waals surface area contributed by atoms with E-state index in [2.05, 4.69) is 15.0 Å². The Labute approximate surface area is 141 Å². The molecule has 124 valence electrons.